The predicted octanol–water partition coefficient (Wildman–Crippen LogP) is 3.54. The standard InChI is InChI=1S/C16H13ClFN3O3S/c1-25(22,23)12-5-6-13(18)14(8-12)19-9-15-20-16(24-21-15)10-3-2-4-11(17)7-10/h2-8,19H,9H2,1H3. The average molecular weight is 382 g/mol. The third kappa shape index (κ3) is 4.15. The van der Waals surface area contributed by atoms with Gasteiger partial charge in [-0.3, -0.25) is 0 Å². The van der Waals surface area contributed by atoms with Crippen LogP contribution in [0.2, 0.25) is 5.02 Å². The van der Waals surface area contributed by atoms with Crippen molar-refractivity contribution < 1.29 is 17.3 Å². The molecule has 2 aromatic carbocycles. The first-order chi connectivity index (χ1) is 11.8. The molecule has 6 nitrogen and oxygen atoms in total. The Morgan fingerprint density at radius 2 is 2.04 bits per heavy atom. The van der Waals surface area contributed by atoms with Gasteiger partial charge in [-0.25, -0.2) is 12.8 Å². The van der Waals surface area contributed by atoms with Crippen molar-refractivity contribution in [2.45, 2.75) is 11.4 Å². The third-order valence-corrected chi connectivity index (χ3v) is 4.69. The summed E-state index contributed by atoms with van der Waals surface area (Å²) in [5.41, 5.74) is 0.702. The van der Waals surface area contributed by atoms with Crippen LogP contribution in [0.15, 0.2) is 51.9 Å². The Hall–Kier alpha value is -2.45. The van der Waals surface area contributed by atoms with E-state index in [-0.39, 0.29) is 23.0 Å². The highest BCUT2D eigenvalue weighted by Crippen LogP contribution is 2.22. The zero-order valence-corrected chi connectivity index (χ0v) is 14.6. The molecule has 25 heavy (non-hydrogen) atoms. The van der Waals surface area contributed by atoms with Crippen LogP contribution in [0.1, 0.15) is 5.82 Å². The van der Waals surface area contributed by atoms with E-state index in [0.29, 0.717) is 16.4 Å². The minimum atomic E-state index is -3.43. The number of halogens is 2. The Labute approximate surface area is 148 Å². The Bertz CT molecular complexity index is 1020. The summed E-state index contributed by atoms with van der Waals surface area (Å²) >= 11 is 5.92. The van der Waals surface area contributed by atoms with Gasteiger partial charge in [0.05, 0.1) is 17.1 Å². The van der Waals surface area contributed by atoms with E-state index in [0.717, 1.165) is 12.3 Å². The second kappa shape index (κ2) is 6.81. The van der Waals surface area contributed by atoms with Gasteiger partial charge in [-0.15, -0.1) is 0 Å². The number of hydrogen-bond acceptors (Lipinski definition) is 6. The second-order valence-electron chi connectivity index (χ2n) is 5.29. The molecule has 9 heteroatoms. The lowest BCUT2D eigenvalue weighted by molar-refractivity contribution is 0.423. The van der Waals surface area contributed by atoms with Gasteiger partial charge in [-0.1, -0.05) is 22.8 Å². The summed E-state index contributed by atoms with van der Waals surface area (Å²) in [5, 5.41) is 7.11. The average Bonchev–Trinajstić information content (AvgIpc) is 3.02. The first kappa shape index (κ1) is 17.4. The molecule has 0 saturated heterocycles. The quantitative estimate of drug-likeness (QED) is 0.680. The smallest absolute Gasteiger partial charge is 0.258 e. The van der Waals surface area contributed by atoms with Gasteiger partial charge in [-0.2, -0.15) is 4.98 Å². The van der Waals surface area contributed by atoms with E-state index in [4.69, 9.17) is 16.1 Å². The highest BCUT2D eigenvalue weighted by molar-refractivity contribution is 7.90. The van der Waals surface area contributed by atoms with Gasteiger partial charge in [0.15, 0.2) is 15.7 Å². The summed E-state index contributed by atoms with van der Waals surface area (Å²) in [4.78, 5) is 4.22. The zero-order chi connectivity index (χ0) is 18.0. The van der Waals surface area contributed by atoms with Crippen LogP contribution in [0.25, 0.3) is 11.5 Å². The van der Waals surface area contributed by atoms with Crippen LogP contribution in [0.4, 0.5) is 10.1 Å². The molecule has 130 valence electrons. The molecule has 0 radical (unpaired) electrons. The SMILES string of the molecule is CS(=O)(=O)c1ccc(F)c(NCc2noc(-c3cccc(Cl)c3)n2)c1. The molecule has 3 aromatic rings. The van der Waals surface area contributed by atoms with Crippen molar-refractivity contribution in [3.8, 4) is 11.5 Å². The molecule has 0 atom stereocenters. The minimum Gasteiger partial charge on any atom is -0.375 e. The molecule has 0 aliphatic heterocycles. The molecule has 0 unspecified atom stereocenters. The lowest BCUT2D eigenvalue weighted by Crippen LogP contribution is -2.05. The maximum absolute atomic E-state index is 13.8. The van der Waals surface area contributed by atoms with E-state index < -0.39 is 15.7 Å². The maximum Gasteiger partial charge on any atom is 0.258 e. The van der Waals surface area contributed by atoms with Crippen molar-refractivity contribution in [1.82, 2.24) is 10.1 Å². The van der Waals surface area contributed by atoms with E-state index in [9.17, 15) is 12.8 Å². The summed E-state index contributed by atoms with van der Waals surface area (Å²) in [6.45, 7) is 0.0637. The summed E-state index contributed by atoms with van der Waals surface area (Å²) in [6.07, 6.45) is 1.06. The van der Waals surface area contributed by atoms with Gasteiger partial charge < -0.3 is 9.84 Å². The number of nitrogens with zero attached hydrogens (tertiary/aromatic N) is 2. The number of rotatable bonds is 5. The van der Waals surface area contributed by atoms with Gasteiger partial charge in [0, 0.05) is 16.8 Å². The molecule has 0 fully saturated rings. The van der Waals surface area contributed by atoms with Gasteiger partial charge >= 0.3 is 0 Å². The lowest BCUT2D eigenvalue weighted by Gasteiger charge is -2.07. The van der Waals surface area contributed by atoms with Crippen molar-refractivity contribution in [2.24, 2.45) is 0 Å². The van der Waals surface area contributed by atoms with Crippen LogP contribution in [0, 0.1) is 5.82 Å². The highest BCUT2D eigenvalue weighted by Gasteiger charge is 2.13. The molecule has 0 spiro atoms. The number of sulfone groups is 1. The lowest BCUT2D eigenvalue weighted by atomic mass is 10.2. The molecule has 0 aliphatic carbocycles. The Morgan fingerprint density at radius 3 is 2.76 bits per heavy atom. The second-order valence-corrected chi connectivity index (χ2v) is 7.75. The van der Waals surface area contributed by atoms with E-state index in [1.165, 1.54) is 12.1 Å². The van der Waals surface area contributed by atoms with Crippen LogP contribution in [0.3, 0.4) is 0 Å². The first-order valence-electron chi connectivity index (χ1n) is 7.15. The Kier molecular flexibility index (Phi) is 4.73. The largest absolute Gasteiger partial charge is 0.375 e. The topological polar surface area (TPSA) is 85.1 Å². The molecule has 1 heterocycles. The van der Waals surface area contributed by atoms with Crippen molar-refractivity contribution in [1.29, 1.82) is 0 Å². The van der Waals surface area contributed by atoms with Crippen LogP contribution < -0.4 is 5.32 Å². The minimum absolute atomic E-state index is 0.0177. The van der Waals surface area contributed by atoms with Gasteiger partial charge in [0.1, 0.15) is 5.82 Å². The number of benzene rings is 2. The van der Waals surface area contributed by atoms with Gasteiger partial charge in [0.2, 0.25) is 0 Å². The Balaban J connectivity index is 1.77. The molecule has 1 N–H and O–H groups in total. The first-order valence-corrected chi connectivity index (χ1v) is 9.42. The molecule has 0 saturated carbocycles. The van der Waals surface area contributed by atoms with Gasteiger partial charge in [-0.05, 0) is 36.4 Å². The van der Waals surface area contributed by atoms with Crippen LogP contribution in [-0.4, -0.2) is 24.8 Å². The molecule has 1 aromatic heterocycles. The number of aromatic nitrogens is 2. The van der Waals surface area contributed by atoms with Crippen molar-refractivity contribution in [3.63, 3.8) is 0 Å². The van der Waals surface area contributed by atoms with E-state index in [2.05, 4.69) is 15.5 Å². The van der Waals surface area contributed by atoms with Crippen LogP contribution >= 0.6 is 11.6 Å². The molecular weight excluding hydrogens is 369 g/mol. The fourth-order valence-electron chi connectivity index (χ4n) is 2.11. The number of nitrogens with one attached hydrogen (secondary N) is 1. The number of hydrogen-bond donors (Lipinski definition) is 1. The van der Waals surface area contributed by atoms with Gasteiger partial charge in [0.25, 0.3) is 5.89 Å². The predicted molar refractivity (Wildman–Crippen MR) is 91.6 cm³/mol. The third-order valence-electron chi connectivity index (χ3n) is 3.34. The summed E-state index contributed by atoms with van der Waals surface area (Å²) < 4.78 is 42.1. The Morgan fingerprint density at radius 1 is 1.24 bits per heavy atom. The van der Waals surface area contributed by atoms with E-state index >= 15 is 0 Å². The molecule has 0 bridgehead atoms. The fourth-order valence-corrected chi connectivity index (χ4v) is 2.95. The number of anilines is 1. The molecule has 0 aliphatic rings. The van der Waals surface area contributed by atoms with E-state index in [1.54, 1.807) is 24.3 Å². The van der Waals surface area contributed by atoms with Crippen molar-refractivity contribution in [2.75, 3.05) is 11.6 Å². The van der Waals surface area contributed by atoms with Crippen molar-refractivity contribution in [3.05, 3.63) is 59.1 Å². The summed E-state index contributed by atoms with van der Waals surface area (Å²) in [6, 6.07) is 10.5. The molecule has 0 amide bonds. The maximum atomic E-state index is 13.8. The summed E-state index contributed by atoms with van der Waals surface area (Å²) in [5.74, 6) is -0.00486. The molecular formula is C16H13ClFN3O3S. The zero-order valence-electron chi connectivity index (χ0n) is 13.0. The molecule has 3 rings (SSSR count). The van der Waals surface area contributed by atoms with Crippen LogP contribution in [0.5, 0.6) is 0 Å². The monoisotopic (exact) mass is 381 g/mol. The van der Waals surface area contributed by atoms with Crippen LogP contribution in [-0.2, 0) is 16.4 Å². The fraction of sp³-hybridized carbons (Fsp3) is 0.125. The summed E-state index contributed by atoms with van der Waals surface area (Å²) in [7, 11) is -3.43. The van der Waals surface area contributed by atoms with E-state index in [1.807, 2.05) is 0 Å². The highest BCUT2D eigenvalue weighted by atomic mass is 35.5. The van der Waals surface area contributed by atoms with Crippen molar-refractivity contribution >= 4 is 27.1 Å². The normalized spacial score (nSPS) is 11.5.